The van der Waals surface area contributed by atoms with Crippen molar-refractivity contribution in [3.63, 3.8) is 0 Å². The van der Waals surface area contributed by atoms with Crippen molar-refractivity contribution in [2.75, 3.05) is 5.75 Å². The molecule has 0 bridgehead atoms. The normalized spacial score (nSPS) is 19.9. The molecule has 1 aliphatic heterocycles. The molecule has 0 aliphatic carbocycles. The lowest BCUT2D eigenvalue weighted by Crippen LogP contribution is -2.35. The quantitative estimate of drug-likeness (QED) is 0.289. The molecule has 2 heterocycles. The number of pyridine rings is 1. The van der Waals surface area contributed by atoms with Crippen molar-refractivity contribution in [3.05, 3.63) is 95.2 Å². The standard InChI is InChI=1S/C29H32N2O6S/c1-19(35-20(2)33)28(34)31-16-21-6-12-24(13-7-21)29-36-25(18-38-27-5-3-4-14-30-27)15-26(37-29)23-10-8-22(17-32)9-11-23/h3-14,19,25-26,29,32H,15-18H2,1-2H3,(H,31,34)/t19-,25-,26+,29?/m0/s1. The lowest BCUT2D eigenvalue weighted by atomic mass is 10.0. The van der Waals surface area contributed by atoms with Gasteiger partial charge < -0.3 is 24.6 Å². The monoisotopic (exact) mass is 536 g/mol. The molecule has 8 nitrogen and oxygen atoms in total. The molecule has 4 atom stereocenters. The van der Waals surface area contributed by atoms with E-state index >= 15 is 0 Å². The minimum Gasteiger partial charge on any atom is -0.453 e. The van der Waals surface area contributed by atoms with E-state index in [1.54, 1.807) is 18.0 Å². The molecule has 38 heavy (non-hydrogen) atoms. The van der Waals surface area contributed by atoms with Gasteiger partial charge in [-0.05, 0) is 35.7 Å². The summed E-state index contributed by atoms with van der Waals surface area (Å²) in [5, 5.41) is 13.1. The average molecular weight is 537 g/mol. The maximum absolute atomic E-state index is 12.1. The third-order valence-electron chi connectivity index (χ3n) is 6.10. The highest BCUT2D eigenvalue weighted by molar-refractivity contribution is 7.99. The van der Waals surface area contributed by atoms with Crippen molar-refractivity contribution in [2.45, 2.75) is 63.0 Å². The Kier molecular flexibility index (Phi) is 9.89. The topological polar surface area (TPSA) is 107 Å². The molecule has 1 saturated heterocycles. The fraction of sp³-hybridized carbons (Fsp3) is 0.345. The number of aromatic nitrogens is 1. The van der Waals surface area contributed by atoms with Gasteiger partial charge in [0.15, 0.2) is 12.4 Å². The largest absolute Gasteiger partial charge is 0.453 e. The Morgan fingerprint density at radius 2 is 1.76 bits per heavy atom. The van der Waals surface area contributed by atoms with Crippen molar-refractivity contribution in [1.82, 2.24) is 10.3 Å². The Morgan fingerprint density at radius 1 is 1.05 bits per heavy atom. The highest BCUT2D eigenvalue weighted by Crippen LogP contribution is 2.39. The summed E-state index contributed by atoms with van der Waals surface area (Å²) in [6, 6.07) is 21.3. The molecular weight excluding hydrogens is 504 g/mol. The Balaban J connectivity index is 1.43. The van der Waals surface area contributed by atoms with Crippen LogP contribution in [0.1, 0.15) is 54.9 Å². The SMILES string of the molecule is CC(=O)O[C@@H](C)C(=O)NCc1ccc(C2O[C@H](CSc3ccccn3)C[C@H](c3ccc(CO)cc3)O2)cc1. The highest BCUT2D eigenvalue weighted by Gasteiger charge is 2.32. The van der Waals surface area contributed by atoms with E-state index in [0.29, 0.717) is 13.0 Å². The minimum absolute atomic E-state index is 0.00362. The van der Waals surface area contributed by atoms with Crippen molar-refractivity contribution in [2.24, 2.45) is 0 Å². The van der Waals surface area contributed by atoms with Gasteiger partial charge in [0.2, 0.25) is 0 Å². The van der Waals surface area contributed by atoms with Crippen LogP contribution in [-0.2, 0) is 37.0 Å². The zero-order valence-electron chi connectivity index (χ0n) is 21.4. The van der Waals surface area contributed by atoms with E-state index in [1.807, 2.05) is 66.7 Å². The first-order valence-corrected chi connectivity index (χ1v) is 13.5. The zero-order valence-corrected chi connectivity index (χ0v) is 22.2. The number of nitrogens with zero attached hydrogens (tertiary/aromatic N) is 1. The summed E-state index contributed by atoms with van der Waals surface area (Å²) in [6.45, 7) is 3.11. The summed E-state index contributed by atoms with van der Waals surface area (Å²) in [5.74, 6) is -0.123. The highest BCUT2D eigenvalue weighted by atomic mass is 32.2. The fourth-order valence-electron chi connectivity index (χ4n) is 4.06. The Labute approximate surface area is 226 Å². The maximum Gasteiger partial charge on any atom is 0.303 e. The summed E-state index contributed by atoms with van der Waals surface area (Å²) in [7, 11) is 0. The van der Waals surface area contributed by atoms with Gasteiger partial charge in [-0.3, -0.25) is 9.59 Å². The number of carbonyl (C=O) groups is 2. The number of thioether (sulfide) groups is 1. The van der Waals surface area contributed by atoms with Crippen LogP contribution in [0, 0.1) is 0 Å². The molecule has 1 aromatic heterocycles. The number of carbonyl (C=O) groups excluding carboxylic acids is 2. The van der Waals surface area contributed by atoms with Crippen LogP contribution in [0.5, 0.6) is 0 Å². The number of ether oxygens (including phenoxy) is 3. The molecule has 1 aliphatic rings. The first-order chi connectivity index (χ1) is 18.4. The molecule has 200 valence electrons. The first kappa shape index (κ1) is 27.8. The molecular formula is C29H32N2O6S. The Bertz CT molecular complexity index is 1190. The van der Waals surface area contributed by atoms with Crippen molar-refractivity contribution >= 4 is 23.6 Å². The van der Waals surface area contributed by atoms with E-state index in [2.05, 4.69) is 10.3 Å². The van der Waals surface area contributed by atoms with Crippen LogP contribution >= 0.6 is 11.8 Å². The van der Waals surface area contributed by atoms with Crippen LogP contribution in [0.15, 0.2) is 78.0 Å². The number of hydrogen-bond acceptors (Lipinski definition) is 8. The van der Waals surface area contributed by atoms with Gasteiger partial charge in [0.05, 0.1) is 23.8 Å². The number of hydrogen-bond donors (Lipinski definition) is 2. The van der Waals surface area contributed by atoms with Crippen LogP contribution in [0.3, 0.4) is 0 Å². The summed E-state index contributed by atoms with van der Waals surface area (Å²) in [4.78, 5) is 27.6. The summed E-state index contributed by atoms with van der Waals surface area (Å²) < 4.78 is 17.7. The molecule has 0 radical (unpaired) electrons. The van der Waals surface area contributed by atoms with Gasteiger partial charge in [0.1, 0.15) is 0 Å². The second-order valence-electron chi connectivity index (χ2n) is 9.04. The van der Waals surface area contributed by atoms with Gasteiger partial charge in [-0.25, -0.2) is 4.98 Å². The van der Waals surface area contributed by atoms with Crippen LogP contribution < -0.4 is 5.32 Å². The smallest absolute Gasteiger partial charge is 0.303 e. The second-order valence-corrected chi connectivity index (χ2v) is 10.1. The fourth-order valence-corrected chi connectivity index (χ4v) is 4.94. The molecule has 4 rings (SSSR count). The van der Waals surface area contributed by atoms with Gasteiger partial charge in [-0.1, -0.05) is 54.6 Å². The van der Waals surface area contributed by atoms with Gasteiger partial charge in [-0.15, -0.1) is 11.8 Å². The predicted octanol–water partition coefficient (Wildman–Crippen LogP) is 4.48. The third kappa shape index (κ3) is 7.88. The van der Waals surface area contributed by atoms with Crippen molar-refractivity contribution in [1.29, 1.82) is 0 Å². The predicted molar refractivity (Wildman–Crippen MR) is 143 cm³/mol. The van der Waals surface area contributed by atoms with E-state index < -0.39 is 18.4 Å². The van der Waals surface area contributed by atoms with Crippen LogP contribution in [0.2, 0.25) is 0 Å². The molecule has 0 spiro atoms. The van der Waals surface area contributed by atoms with E-state index in [0.717, 1.165) is 33.0 Å². The molecule has 1 unspecified atom stereocenters. The van der Waals surface area contributed by atoms with Crippen molar-refractivity contribution in [3.8, 4) is 0 Å². The molecule has 2 aromatic carbocycles. The summed E-state index contributed by atoms with van der Waals surface area (Å²) >= 11 is 1.65. The number of nitrogens with one attached hydrogen (secondary N) is 1. The molecule has 1 fully saturated rings. The summed E-state index contributed by atoms with van der Waals surface area (Å²) in [6.07, 6.45) is 0.831. The molecule has 3 aromatic rings. The van der Waals surface area contributed by atoms with Gasteiger partial charge >= 0.3 is 5.97 Å². The average Bonchev–Trinajstić information content (AvgIpc) is 2.95. The van der Waals surface area contributed by atoms with Crippen LogP contribution in [0.25, 0.3) is 0 Å². The minimum atomic E-state index is -0.847. The number of amides is 1. The lowest BCUT2D eigenvalue weighted by Gasteiger charge is -2.36. The number of esters is 1. The third-order valence-corrected chi connectivity index (χ3v) is 7.18. The molecule has 9 heteroatoms. The number of aliphatic hydroxyl groups is 1. The maximum atomic E-state index is 12.1. The Morgan fingerprint density at radius 3 is 2.42 bits per heavy atom. The number of aliphatic hydroxyl groups excluding tert-OH is 1. The van der Waals surface area contributed by atoms with E-state index in [1.165, 1.54) is 13.8 Å². The molecule has 1 amide bonds. The molecule has 2 N–H and O–H groups in total. The van der Waals surface area contributed by atoms with E-state index in [9.17, 15) is 14.7 Å². The number of benzene rings is 2. The van der Waals surface area contributed by atoms with Gasteiger partial charge in [-0.2, -0.15) is 0 Å². The number of rotatable bonds is 10. The van der Waals surface area contributed by atoms with E-state index in [-0.39, 0.29) is 24.7 Å². The van der Waals surface area contributed by atoms with E-state index in [4.69, 9.17) is 14.2 Å². The molecule has 0 saturated carbocycles. The van der Waals surface area contributed by atoms with Gasteiger partial charge in [0, 0.05) is 37.4 Å². The van der Waals surface area contributed by atoms with Crippen molar-refractivity contribution < 1.29 is 28.9 Å². The summed E-state index contributed by atoms with van der Waals surface area (Å²) in [5.41, 5.74) is 3.65. The zero-order chi connectivity index (χ0) is 26.9. The van der Waals surface area contributed by atoms with Crippen LogP contribution in [0.4, 0.5) is 0 Å². The van der Waals surface area contributed by atoms with Crippen LogP contribution in [-0.4, -0.2) is 39.9 Å². The second kappa shape index (κ2) is 13.5. The lowest BCUT2D eigenvalue weighted by molar-refractivity contribution is -0.245. The van der Waals surface area contributed by atoms with Gasteiger partial charge in [0.25, 0.3) is 5.91 Å². The first-order valence-electron chi connectivity index (χ1n) is 12.5. The Hall–Kier alpha value is -3.24.